The lowest BCUT2D eigenvalue weighted by molar-refractivity contribution is 0.120. The Balaban J connectivity index is 2.65. The van der Waals surface area contributed by atoms with Crippen molar-refractivity contribution in [3.8, 4) is 0 Å². The minimum atomic E-state index is -0.0123. The van der Waals surface area contributed by atoms with Crippen LogP contribution in [0.2, 0.25) is 0 Å². The van der Waals surface area contributed by atoms with E-state index >= 15 is 0 Å². The summed E-state index contributed by atoms with van der Waals surface area (Å²) in [6, 6.07) is 8.47. The van der Waals surface area contributed by atoms with Crippen molar-refractivity contribution in [1.82, 2.24) is 4.90 Å². The van der Waals surface area contributed by atoms with E-state index in [9.17, 15) is 0 Å². The first kappa shape index (κ1) is 16.6. The summed E-state index contributed by atoms with van der Waals surface area (Å²) in [6.45, 7) is 4.66. The van der Waals surface area contributed by atoms with Gasteiger partial charge in [0.1, 0.15) is 0 Å². The van der Waals surface area contributed by atoms with Crippen LogP contribution < -0.4 is 5.73 Å². The van der Waals surface area contributed by atoms with Gasteiger partial charge in [0, 0.05) is 36.8 Å². The van der Waals surface area contributed by atoms with Crippen molar-refractivity contribution in [2.24, 2.45) is 5.73 Å². The van der Waals surface area contributed by atoms with Crippen molar-refractivity contribution in [2.45, 2.75) is 25.3 Å². The molecular formula is C15H25BrN2O. The smallest absolute Gasteiger partial charge is 0.0474 e. The van der Waals surface area contributed by atoms with Gasteiger partial charge in [0.15, 0.2) is 0 Å². The van der Waals surface area contributed by atoms with Gasteiger partial charge in [0.25, 0.3) is 0 Å². The predicted molar refractivity (Wildman–Crippen MR) is 84.4 cm³/mol. The maximum atomic E-state index is 6.01. The third-order valence-electron chi connectivity index (χ3n) is 3.70. The van der Waals surface area contributed by atoms with Crippen molar-refractivity contribution in [1.29, 1.82) is 0 Å². The van der Waals surface area contributed by atoms with E-state index < -0.39 is 0 Å². The molecule has 108 valence electrons. The average Bonchev–Trinajstić information content (AvgIpc) is 2.41. The van der Waals surface area contributed by atoms with Crippen LogP contribution in [0.4, 0.5) is 0 Å². The van der Waals surface area contributed by atoms with Gasteiger partial charge < -0.3 is 10.5 Å². The van der Waals surface area contributed by atoms with Crippen molar-refractivity contribution >= 4 is 15.9 Å². The van der Waals surface area contributed by atoms with Gasteiger partial charge in [-0.2, -0.15) is 0 Å². The quantitative estimate of drug-likeness (QED) is 0.745. The summed E-state index contributed by atoms with van der Waals surface area (Å²) < 4.78 is 6.22. The second kappa shape index (κ2) is 8.00. The fraction of sp³-hybridized carbons (Fsp3) is 0.600. The molecule has 0 aromatic heterocycles. The number of hydrogen-bond donors (Lipinski definition) is 1. The Kier molecular flexibility index (Phi) is 7.00. The molecule has 1 rings (SSSR count). The third-order valence-corrected chi connectivity index (χ3v) is 4.23. The largest absolute Gasteiger partial charge is 0.385 e. The first-order chi connectivity index (χ1) is 9.01. The van der Waals surface area contributed by atoms with E-state index in [-0.39, 0.29) is 5.54 Å². The van der Waals surface area contributed by atoms with Crippen LogP contribution in [-0.2, 0) is 11.2 Å². The summed E-state index contributed by atoms with van der Waals surface area (Å²) in [4.78, 5) is 2.34. The molecule has 19 heavy (non-hydrogen) atoms. The maximum Gasteiger partial charge on any atom is 0.0474 e. The highest BCUT2D eigenvalue weighted by Crippen LogP contribution is 2.20. The molecule has 0 aliphatic heterocycles. The second-order valence-electron chi connectivity index (χ2n) is 5.27. The highest BCUT2D eigenvalue weighted by molar-refractivity contribution is 9.10. The Morgan fingerprint density at radius 1 is 1.32 bits per heavy atom. The van der Waals surface area contributed by atoms with Crippen molar-refractivity contribution < 1.29 is 4.74 Å². The standard InChI is InChI=1S/C15H25BrN2O/c1-15(12-17,18(2)9-4-10-19-3)11-13-5-7-14(16)8-6-13/h5-8H,4,9-12,17H2,1-3H3. The number of hydrogen-bond acceptors (Lipinski definition) is 3. The highest BCUT2D eigenvalue weighted by atomic mass is 79.9. The summed E-state index contributed by atoms with van der Waals surface area (Å²) in [7, 11) is 3.88. The summed E-state index contributed by atoms with van der Waals surface area (Å²) in [5, 5.41) is 0. The van der Waals surface area contributed by atoms with E-state index in [1.54, 1.807) is 7.11 Å². The van der Waals surface area contributed by atoms with Crippen LogP contribution in [0.25, 0.3) is 0 Å². The van der Waals surface area contributed by atoms with Crippen LogP contribution in [0.5, 0.6) is 0 Å². The van der Waals surface area contributed by atoms with E-state index in [2.05, 4.69) is 59.1 Å². The fourth-order valence-corrected chi connectivity index (χ4v) is 2.39. The molecular weight excluding hydrogens is 304 g/mol. The minimum Gasteiger partial charge on any atom is -0.385 e. The van der Waals surface area contributed by atoms with E-state index in [4.69, 9.17) is 10.5 Å². The molecule has 0 radical (unpaired) electrons. The zero-order valence-electron chi connectivity index (χ0n) is 12.2. The van der Waals surface area contributed by atoms with Gasteiger partial charge in [-0.25, -0.2) is 0 Å². The predicted octanol–water partition coefficient (Wildman–Crippen LogP) is 2.68. The van der Waals surface area contributed by atoms with Gasteiger partial charge in [-0.15, -0.1) is 0 Å². The Labute approximate surface area is 125 Å². The van der Waals surface area contributed by atoms with Crippen LogP contribution in [0.1, 0.15) is 18.9 Å². The molecule has 4 heteroatoms. The first-order valence-corrected chi connectivity index (χ1v) is 7.46. The summed E-state index contributed by atoms with van der Waals surface area (Å²) in [5.41, 5.74) is 7.31. The molecule has 0 spiro atoms. The van der Waals surface area contributed by atoms with E-state index in [1.165, 1.54) is 5.56 Å². The topological polar surface area (TPSA) is 38.5 Å². The van der Waals surface area contributed by atoms with Crippen molar-refractivity contribution in [3.63, 3.8) is 0 Å². The number of likely N-dealkylation sites (N-methyl/N-ethyl adjacent to an activating group) is 1. The number of ether oxygens (including phenoxy) is 1. The number of methoxy groups -OCH3 is 1. The van der Waals surface area contributed by atoms with Gasteiger partial charge in [0.05, 0.1) is 0 Å². The van der Waals surface area contributed by atoms with Crippen LogP contribution in [0.3, 0.4) is 0 Å². The number of rotatable bonds is 8. The van der Waals surface area contributed by atoms with Gasteiger partial charge in [-0.3, -0.25) is 4.90 Å². The number of halogens is 1. The summed E-state index contributed by atoms with van der Waals surface area (Å²) in [6.07, 6.45) is 1.99. The Morgan fingerprint density at radius 2 is 1.95 bits per heavy atom. The molecule has 0 fully saturated rings. The molecule has 1 atom stereocenters. The zero-order chi connectivity index (χ0) is 14.3. The van der Waals surface area contributed by atoms with E-state index in [1.807, 2.05) is 0 Å². The van der Waals surface area contributed by atoms with Crippen LogP contribution in [-0.4, -0.2) is 44.3 Å². The van der Waals surface area contributed by atoms with Crippen LogP contribution >= 0.6 is 15.9 Å². The normalized spacial score (nSPS) is 14.6. The summed E-state index contributed by atoms with van der Waals surface area (Å²) >= 11 is 3.46. The molecule has 3 nitrogen and oxygen atoms in total. The molecule has 2 N–H and O–H groups in total. The Hall–Kier alpha value is -0.420. The van der Waals surface area contributed by atoms with Crippen LogP contribution in [0, 0.1) is 0 Å². The van der Waals surface area contributed by atoms with Gasteiger partial charge >= 0.3 is 0 Å². The lowest BCUT2D eigenvalue weighted by Crippen LogP contribution is -2.51. The van der Waals surface area contributed by atoms with E-state index in [0.717, 1.165) is 30.5 Å². The van der Waals surface area contributed by atoms with E-state index in [0.29, 0.717) is 6.54 Å². The Bertz CT molecular complexity index is 369. The molecule has 0 bridgehead atoms. The number of nitrogens with zero attached hydrogens (tertiary/aromatic N) is 1. The zero-order valence-corrected chi connectivity index (χ0v) is 13.7. The molecule has 0 aliphatic carbocycles. The molecule has 0 saturated heterocycles. The molecule has 0 heterocycles. The molecule has 1 unspecified atom stereocenters. The number of benzene rings is 1. The second-order valence-corrected chi connectivity index (χ2v) is 6.19. The van der Waals surface area contributed by atoms with Gasteiger partial charge in [-0.1, -0.05) is 28.1 Å². The fourth-order valence-electron chi connectivity index (χ4n) is 2.12. The summed E-state index contributed by atoms with van der Waals surface area (Å²) in [5.74, 6) is 0. The molecule has 0 amide bonds. The third kappa shape index (κ3) is 5.22. The molecule has 0 aliphatic rings. The number of nitrogens with two attached hydrogens (primary N) is 1. The van der Waals surface area contributed by atoms with Gasteiger partial charge in [0.2, 0.25) is 0 Å². The van der Waals surface area contributed by atoms with Crippen molar-refractivity contribution in [3.05, 3.63) is 34.3 Å². The minimum absolute atomic E-state index is 0.0123. The van der Waals surface area contributed by atoms with Crippen molar-refractivity contribution in [2.75, 3.05) is 33.9 Å². The molecule has 1 aromatic rings. The molecule has 1 aromatic carbocycles. The average molecular weight is 329 g/mol. The van der Waals surface area contributed by atoms with Crippen LogP contribution in [0.15, 0.2) is 28.7 Å². The Morgan fingerprint density at radius 3 is 2.47 bits per heavy atom. The lowest BCUT2D eigenvalue weighted by Gasteiger charge is -2.38. The SMILES string of the molecule is COCCCN(C)C(C)(CN)Cc1ccc(Br)cc1. The van der Waals surface area contributed by atoms with Gasteiger partial charge in [-0.05, 0) is 44.5 Å². The highest BCUT2D eigenvalue weighted by Gasteiger charge is 2.27. The first-order valence-electron chi connectivity index (χ1n) is 6.66. The molecule has 0 saturated carbocycles. The lowest BCUT2D eigenvalue weighted by atomic mass is 9.91. The maximum absolute atomic E-state index is 6.01. The monoisotopic (exact) mass is 328 g/mol.